The highest BCUT2D eigenvalue weighted by atomic mass is 19.1. The van der Waals surface area contributed by atoms with Crippen LogP contribution in [-0.2, 0) is 13.7 Å². The standard InChI is InChI=1S/C13H16FN3O/c1-8-4-13(11(14)6-12(8)15)18-7-10-5-9(2)16-17(10)3/h4-6H,7,15H2,1-3H3. The first-order chi connectivity index (χ1) is 8.47. The van der Waals surface area contributed by atoms with Gasteiger partial charge in [-0.25, -0.2) is 4.39 Å². The van der Waals surface area contributed by atoms with E-state index in [9.17, 15) is 4.39 Å². The molecule has 0 atom stereocenters. The number of aryl methyl sites for hydroxylation is 3. The molecule has 0 unspecified atom stereocenters. The number of nitrogens with zero attached hydrogens (tertiary/aromatic N) is 2. The Morgan fingerprint density at radius 2 is 2.06 bits per heavy atom. The number of nitrogen functional groups attached to an aromatic ring is 1. The van der Waals surface area contributed by atoms with E-state index >= 15 is 0 Å². The van der Waals surface area contributed by atoms with Crippen molar-refractivity contribution in [2.75, 3.05) is 5.73 Å². The van der Waals surface area contributed by atoms with Crippen molar-refractivity contribution in [1.82, 2.24) is 9.78 Å². The molecule has 0 saturated carbocycles. The molecule has 0 amide bonds. The summed E-state index contributed by atoms with van der Waals surface area (Å²) in [7, 11) is 1.83. The number of hydrogen-bond acceptors (Lipinski definition) is 3. The molecule has 0 aliphatic rings. The Bertz CT molecular complexity index is 578. The molecule has 0 aliphatic heterocycles. The summed E-state index contributed by atoms with van der Waals surface area (Å²) in [6, 6.07) is 4.79. The molecule has 0 spiro atoms. The lowest BCUT2D eigenvalue weighted by Crippen LogP contribution is -2.04. The second-order valence-electron chi connectivity index (χ2n) is 4.33. The van der Waals surface area contributed by atoms with Crippen molar-refractivity contribution in [2.24, 2.45) is 7.05 Å². The number of aromatic nitrogens is 2. The minimum Gasteiger partial charge on any atom is -0.484 e. The fraction of sp³-hybridized carbons (Fsp3) is 0.308. The molecule has 1 aromatic heterocycles. The van der Waals surface area contributed by atoms with Crippen LogP contribution < -0.4 is 10.5 Å². The first kappa shape index (κ1) is 12.4. The summed E-state index contributed by atoms with van der Waals surface area (Å²) in [5, 5.41) is 4.20. The fourth-order valence-corrected chi connectivity index (χ4v) is 1.73. The average Bonchev–Trinajstić information content (AvgIpc) is 2.61. The highest BCUT2D eigenvalue weighted by Gasteiger charge is 2.08. The van der Waals surface area contributed by atoms with E-state index in [1.165, 1.54) is 6.07 Å². The molecule has 0 fully saturated rings. The zero-order chi connectivity index (χ0) is 13.3. The first-order valence-corrected chi connectivity index (χ1v) is 5.65. The van der Waals surface area contributed by atoms with Crippen molar-refractivity contribution in [3.05, 3.63) is 41.0 Å². The van der Waals surface area contributed by atoms with Crippen LogP contribution in [0.2, 0.25) is 0 Å². The van der Waals surface area contributed by atoms with Crippen LogP contribution >= 0.6 is 0 Å². The van der Waals surface area contributed by atoms with Crippen LogP contribution in [-0.4, -0.2) is 9.78 Å². The number of halogens is 1. The summed E-state index contributed by atoms with van der Waals surface area (Å²) in [6.45, 7) is 3.99. The van der Waals surface area contributed by atoms with Gasteiger partial charge < -0.3 is 10.5 Å². The number of ether oxygens (including phenoxy) is 1. The monoisotopic (exact) mass is 249 g/mol. The Morgan fingerprint density at radius 3 is 2.67 bits per heavy atom. The Morgan fingerprint density at radius 1 is 1.33 bits per heavy atom. The van der Waals surface area contributed by atoms with E-state index in [4.69, 9.17) is 10.5 Å². The van der Waals surface area contributed by atoms with E-state index in [2.05, 4.69) is 5.10 Å². The third-order valence-electron chi connectivity index (χ3n) is 2.80. The van der Waals surface area contributed by atoms with Crippen LogP contribution in [0.1, 0.15) is 17.0 Å². The second kappa shape index (κ2) is 4.68. The summed E-state index contributed by atoms with van der Waals surface area (Å²) >= 11 is 0. The van der Waals surface area contributed by atoms with E-state index in [0.717, 1.165) is 17.0 Å². The van der Waals surface area contributed by atoms with Crippen LogP contribution in [0.4, 0.5) is 10.1 Å². The first-order valence-electron chi connectivity index (χ1n) is 5.65. The van der Waals surface area contributed by atoms with Gasteiger partial charge in [0.1, 0.15) is 6.61 Å². The van der Waals surface area contributed by atoms with Gasteiger partial charge in [-0.05, 0) is 31.5 Å². The lowest BCUT2D eigenvalue weighted by atomic mass is 10.2. The maximum atomic E-state index is 13.6. The number of nitrogens with two attached hydrogens (primary N) is 1. The van der Waals surface area contributed by atoms with Crippen molar-refractivity contribution in [3.63, 3.8) is 0 Å². The Kier molecular flexibility index (Phi) is 3.23. The number of anilines is 1. The Labute approximate surface area is 105 Å². The maximum Gasteiger partial charge on any atom is 0.167 e. The van der Waals surface area contributed by atoms with Gasteiger partial charge in [-0.15, -0.1) is 0 Å². The maximum absolute atomic E-state index is 13.6. The third kappa shape index (κ3) is 2.45. The zero-order valence-corrected chi connectivity index (χ0v) is 10.7. The minimum absolute atomic E-state index is 0.209. The number of hydrogen-bond donors (Lipinski definition) is 1. The second-order valence-corrected chi connectivity index (χ2v) is 4.33. The molecule has 0 saturated heterocycles. The molecule has 5 heteroatoms. The number of benzene rings is 1. The van der Waals surface area contributed by atoms with Crippen molar-refractivity contribution in [2.45, 2.75) is 20.5 Å². The van der Waals surface area contributed by atoms with Crippen LogP contribution in [0.3, 0.4) is 0 Å². The van der Waals surface area contributed by atoms with Gasteiger partial charge in [0.2, 0.25) is 0 Å². The summed E-state index contributed by atoms with van der Waals surface area (Å²) in [6.07, 6.45) is 0. The van der Waals surface area contributed by atoms with Crippen LogP contribution in [0.15, 0.2) is 18.2 Å². The fourth-order valence-electron chi connectivity index (χ4n) is 1.73. The number of rotatable bonds is 3. The van der Waals surface area contributed by atoms with Gasteiger partial charge in [0.05, 0.1) is 11.4 Å². The molecular formula is C13H16FN3O. The van der Waals surface area contributed by atoms with E-state index < -0.39 is 5.82 Å². The molecule has 2 N–H and O–H groups in total. The summed E-state index contributed by atoms with van der Waals surface area (Å²) in [5.41, 5.74) is 8.64. The van der Waals surface area contributed by atoms with Gasteiger partial charge in [-0.1, -0.05) is 0 Å². The van der Waals surface area contributed by atoms with Gasteiger partial charge >= 0.3 is 0 Å². The molecule has 0 bridgehead atoms. The van der Waals surface area contributed by atoms with Crippen molar-refractivity contribution in [1.29, 1.82) is 0 Å². The smallest absolute Gasteiger partial charge is 0.167 e. The van der Waals surface area contributed by atoms with Gasteiger partial charge in [-0.3, -0.25) is 4.68 Å². The third-order valence-corrected chi connectivity index (χ3v) is 2.80. The molecule has 1 aromatic carbocycles. The van der Waals surface area contributed by atoms with E-state index in [1.807, 2.05) is 27.0 Å². The molecule has 18 heavy (non-hydrogen) atoms. The predicted octanol–water partition coefficient (Wildman–Crippen LogP) is 2.34. The molecular weight excluding hydrogens is 233 g/mol. The van der Waals surface area contributed by atoms with Crippen molar-refractivity contribution >= 4 is 5.69 Å². The van der Waals surface area contributed by atoms with Crippen molar-refractivity contribution < 1.29 is 9.13 Å². The SMILES string of the molecule is Cc1cc(COc2cc(C)c(N)cc2F)n(C)n1. The van der Waals surface area contributed by atoms with E-state index in [-0.39, 0.29) is 12.4 Å². The average molecular weight is 249 g/mol. The highest BCUT2D eigenvalue weighted by Crippen LogP contribution is 2.24. The van der Waals surface area contributed by atoms with Crippen LogP contribution in [0.25, 0.3) is 0 Å². The lowest BCUT2D eigenvalue weighted by molar-refractivity contribution is 0.280. The van der Waals surface area contributed by atoms with E-state index in [1.54, 1.807) is 10.7 Å². The molecule has 2 aromatic rings. The van der Waals surface area contributed by atoms with Gasteiger partial charge in [0.15, 0.2) is 11.6 Å². The Hall–Kier alpha value is -2.04. The highest BCUT2D eigenvalue weighted by molar-refractivity contribution is 5.50. The topological polar surface area (TPSA) is 53.1 Å². The van der Waals surface area contributed by atoms with E-state index in [0.29, 0.717) is 5.69 Å². The summed E-state index contributed by atoms with van der Waals surface area (Å²) in [5.74, 6) is -0.238. The Balaban J connectivity index is 2.15. The summed E-state index contributed by atoms with van der Waals surface area (Å²) in [4.78, 5) is 0. The summed E-state index contributed by atoms with van der Waals surface area (Å²) < 4.78 is 20.8. The molecule has 0 radical (unpaired) electrons. The van der Waals surface area contributed by atoms with Gasteiger partial charge in [-0.2, -0.15) is 5.10 Å². The zero-order valence-electron chi connectivity index (χ0n) is 10.7. The lowest BCUT2D eigenvalue weighted by Gasteiger charge is -2.09. The van der Waals surface area contributed by atoms with Gasteiger partial charge in [0.25, 0.3) is 0 Å². The normalized spacial score (nSPS) is 10.7. The van der Waals surface area contributed by atoms with Crippen LogP contribution in [0, 0.1) is 19.7 Å². The molecule has 96 valence electrons. The molecule has 1 heterocycles. The molecule has 2 rings (SSSR count). The van der Waals surface area contributed by atoms with Gasteiger partial charge in [0, 0.05) is 18.8 Å². The quantitative estimate of drug-likeness (QED) is 0.849. The van der Waals surface area contributed by atoms with Crippen LogP contribution in [0.5, 0.6) is 5.75 Å². The predicted molar refractivity (Wildman–Crippen MR) is 67.8 cm³/mol. The van der Waals surface area contributed by atoms with Crippen molar-refractivity contribution in [3.8, 4) is 5.75 Å². The molecule has 0 aliphatic carbocycles. The largest absolute Gasteiger partial charge is 0.484 e. The minimum atomic E-state index is -0.447. The molecule has 4 nitrogen and oxygen atoms in total.